The van der Waals surface area contributed by atoms with Crippen molar-refractivity contribution < 1.29 is 14.6 Å². The monoisotopic (exact) mass is 248 g/mol. The van der Waals surface area contributed by atoms with Gasteiger partial charge in [-0.2, -0.15) is 0 Å². The molecule has 18 heavy (non-hydrogen) atoms. The average Bonchev–Trinajstić information content (AvgIpc) is 2.92. The molecule has 0 saturated heterocycles. The maximum absolute atomic E-state index is 9.80. The van der Waals surface area contributed by atoms with Gasteiger partial charge in [0.15, 0.2) is 11.5 Å². The number of rotatable bonds is 2. The fraction of sp³-hybridized carbons (Fsp3) is 0.600. The van der Waals surface area contributed by atoms with E-state index in [1.807, 2.05) is 6.07 Å². The van der Waals surface area contributed by atoms with E-state index in [1.165, 1.54) is 11.1 Å². The summed E-state index contributed by atoms with van der Waals surface area (Å²) in [6, 6.07) is 4.10. The van der Waals surface area contributed by atoms with Gasteiger partial charge < -0.3 is 14.6 Å². The van der Waals surface area contributed by atoms with E-state index in [4.69, 9.17) is 9.47 Å². The van der Waals surface area contributed by atoms with E-state index < -0.39 is 0 Å². The Morgan fingerprint density at radius 2 is 1.72 bits per heavy atom. The number of hydrogen-bond acceptors (Lipinski definition) is 3. The van der Waals surface area contributed by atoms with Crippen LogP contribution in [0.1, 0.15) is 31.4 Å². The minimum atomic E-state index is -0.104. The molecule has 2 aliphatic rings. The summed E-state index contributed by atoms with van der Waals surface area (Å²) in [6.07, 6.45) is 1.02. The van der Waals surface area contributed by atoms with Crippen LogP contribution in [0.15, 0.2) is 12.1 Å². The van der Waals surface area contributed by atoms with Crippen molar-refractivity contribution in [2.45, 2.75) is 32.6 Å². The van der Waals surface area contributed by atoms with Crippen LogP contribution in [0, 0.1) is 12.3 Å². The number of aryl methyl sites for hydroxylation is 1. The van der Waals surface area contributed by atoms with E-state index in [0.717, 1.165) is 17.9 Å². The van der Waals surface area contributed by atoms with Crippen LogP contribution < -0.4 is 9.47 Å². The Hall–Kier alpha value is -1.22. The zero-order chi connectivity index (χ0) is 13.0. The van der Waals surface area contributed by atoms with Crippen LogP contribution in [-0.2, 0) is 5.41 Å². The predicted octanol–water partition coefficient (Wildman–Crippen LogP) is 2.43. The normalized spacial score (nSPS) is 28.0. The molecular weight excluding hydrogens is 228 g/mol. The van der Waals surface area contributed by atoms with Gasteiger partial charge >= 0.3 is 0 Å². The van der Waals surface area contributed by atoms with Crippen molar-refractivity contribution in [3.8, 4) is 11.5 Å². The lowest BCUT2D eigenvalue weighted by atomic mass is 9.85. The highest BCUT2D eigenvalue weighted by molar-refractivity contribution is 5.53. The van der Waals surface area contributed by atoms with E-state index in [0.29, 0.717) is 13.2 Å². The Morgan fingerprint density at radius 3 is 2.22 bits per heavy atom. The van der Waals surface area contributed by atoms with Crippen molar-refractivity contribution in [2.75, 3.05) is 19.8 Å². The smallest absolute Gasteiger partial charge is 0.161 e. The zero-order valence-electron chi connectivity index (χ0n) is 11.2. The molecule has 0 amide bonds. The van der Waals surface area contributed by atoms with Gasteiger partial charge in [-0.25, -0.2) is 0 Å². The first-order valence-electron chi connectivity index (χ1n) is 6.52. The molecular formula is C15H20O3. The number of aliphatic hydroxyl groups excluding tert-OH is 1. The maximum Gasteiger partial charge on any atom is 0.161 e. The molecule has 1 unspecified atom stereocenters. The third-order valence-corrected chi connectivity index (χ3v) is 4.59. The minimum Gasteiger partial charge on any atom is -0.486 e. The molecule has 3 rings (SSSR count). The fourth-order valence-electron chi connectivity index (χ4n) is 3.23. The first kappa shape index (κ1) is 11.8. The van der Waals surface area contributed by atoms with E-state index in [9.17, 15) is 5.11 Å². The molecule has 1 atom stereocenters. The minimum absolute atomic E-state index is 0.104. The van der Waals surface area contributed by atoms with Gasteiger partial charge in [-0.15, -0.1) is 0 Å². The molecule has 1 fully saturated rings. The van der Waals surface area contributed by atoms with Gasteiger partial charge in [-0.1, -0.05) is 13.8 Å². The second kappa shape index (κ2) is 3.64. The summed E-state index contributed by atoms with van der Waals surface area (Å²) in [5, 5.41) is 9.80. The average molecular weight is 248 g/mol. The van der Waals surface area contributed by atoms with Gasteiger partial charge in [0, 0.05) is 5.41 Å². The van der Waals surface area contributed by atoms with E-state index in [2.05, 4.69) is 26.8 Å². The highest BCUT2D eigenvalue weighted by atomic mass is 16.6. The van der Waals surface area contributed by atoms with E-state index in [1.54, 1.807) is 0 Å². The van der Waals surface area contributed by atoms with Crippen LogP contribution >= 0.6 is 0 Å². The van der Waals surface area contributed by atoms with Crippen molar-refractivity contribution in [3.05, 3.63) is 23.3 Å². The van der Waals surface area contributed by atoms with Gasteiger partial charge in [0.05, 0.1) is 6.61 Å². The summed E-state index contributed by atoms with van der Waals surface area (Å²) in [5.41, 5.74) is 2.45. The van der Waals surface area contributed by atoms with Gasteiger partial charge in [0.2, 0.25) is 0 Å². The third-order valence-electron chi connectivity index (χ3n) is 4.59. The Balaban J connectivity index is 2.08. The lowest BCUT2D eigenvalue weighted by molar-refractivity contribution is 0.170. The second-order valence-corrected chi connectivity index (χ2v) is 6.11. The third kappa shape index (κ3) is 1.46. The van der Waals surface area contributed by atoms with Gasteiger partial charge in [0.25, 0.3) is 0 Å². The molecule has 0 bridgehead atoms. The number of fused-ring (bicyclic) bond motifs is 1. The first-order chi connectivity index (χ1) is 8.50. The Labute approximate surface area is 108 Å². The Kier molecular flexibility index (Phi) is 2.39. The molecule has 1 aliphatic carbocycles. The molecule has 1 N–H and O–H groups in total. The zero-order valence-corrected chi connectivity index (χ0v) is 11.2. The van der Waals surface area contributed by atoms with Crippen LogP contribution in [-0.4, -0.2) is 24.9 Å². The standard InChI is InChI=1S/C15H20O3/c1-10-6-12-13(18-5-4-17-12)7-11(10)15(9-16)8-14(15,2)3/h6-7,16H,4-5,8-9H2,1-3H3. The summed E-state index contributed by atoms with van der Waals surface area (Å²) in [6.45, 7) is 7.91. The molecule has 3 nitrogen and oxygen atoms in total. The highest BCUT2D eigenvalue weighted by Gasteiger charge is 2.62. The van der Waals surface area contributed by atoms with Crippen molar-refractivity contribution in [1.82, 2.24) is 0 Å². The number of aliphatic hydroxyl groups is 1. The summed E-state index contributed by atoms with van der Waals surface area (Å²) >= 11 is 0. The molecule has 1 aliphatic heterocycles. The molecule has 0 radical (unpaired) electrons. The molecule has 1 aromatic carbocycles. The van der Waals surface area contributed by atoms with Crippen LogP contribution in [0.5, 0.6) is 11.5 Å². The van der Waals surface area contributed by atoms with Crippen LogP contribution in [0.25, 0.3) is 0 Å². The number of ether oxygens (including phenoxy) is 2. The largest absolute Gasteiger partial charge is 0.486 e. The summed E-state index contributed by atoms with van der Waals surface area (Å²) in [4.78, 5) is 0. The quantitative estimate of drug-likeness (QED) is 0.873. The lowest BCUT2D eigenvalue weighted by Gasteiger charge is -2.25. The SMILES string of the molecule is Cc1cc2c(cc1C1(CO)CC1(C)C)OCCO2. The molecule has 1 aromatic rings. The van der Waals surface area contributed by atoms with Gasteiger partial charge in [0.1, 0.15) is 13.2 Å². The molecule has 3 heteroatoms. The number of hydrogen-bond donors (Lipinski definition) is 1. The molecule has 0 spiro atoms. The molecule has 98 valence electrons. The maximum atomic E-state index is 9.80. The Morgan fingerprint density at radius 1 is 1.17 bits per heavy atom. The van der Waals surface area contributed by atoms with Crippen LogP contribution in [0.2, 0.25) is 0 Å². The first-order valence-corrected chi connectivity index (χ1v) is 6.52. The summed E-state index contributed by atoms with van der Waals surface area (Å²) < 4.78 is 11.2. The van der Waals surface area contributed by atoms with Crippen molar-refractivity contribution in [1.29, 1.82) is 0 Å². The van der Waals surface area contributed by atoms with E-state index >= 15 is 0 Å². The summed E-state index contributed by atoms with van der Waals surface area (Å²) in [5.74, 6) is 1.64. The van der Waals surface area contributed by atoms with Crippen molar-refractivity contribution >= 4 is 0 Å². The van der Waals surface area contributed by atoms with Crippen molar-refractivity contribution in [3.63, 3.8) is 0 Å². The lowest BCUT2D eigenvalue weighted by Crippen LogP contribution is -2.22. The van der Waals surface area contributed by atoms with Gasteiger partial charge in [-0.3, -0.25) is 0 Å². The molecule has 0 aromatic heterocycles. The second-order valence-electron chi connectivity index (χ2n) is 6.11. The summed E-state index contributed by atoms with van der Waals surface area (Å²) in [7, 11) is 0. The van der Waals surface area contributed by atoms with Crippen LogP contribution in [0.3, 0.4) is 0 Å². The Bertz CT molecular complexity index is 493. The predicted molar refractivity (Wildman–Crippen MR) is 69.3 cm³/mol. The topological polar surface area (TPSA) is 38.7 Å². The van der Waals surface area contributed by atoms with Crippen LogP contribution in [0.4, 0.5) is 0 Å². The fourth-order valence-corrected chi connectivity index (χ4v) is 3.23. The van der Waals surface area contributed by atoms with E-state index in [-0.39, 0.29) is 17.4 Å². The van der Waals surface area contributed by atoms with Gasteiger partial charge in [-0.05, 0) is 42.0 Å². The molecule has 1 saturated carbocycles. The number of benzene rings is 1. The highest BCUT2D eigenvalue weighted by Crippen LogP contribution is 2.65. The molecule has 1 heterocycles. The van der Waals surface area contributed by atoms with Crippen molar-refractivity contribution in [2.24, 2.45) is 5.41 Å².